The smallest absolute Gasteiger partial charge is 0.119 e. The number of nitrogens with two attached hydrogens (primary N) is 1. The zero-order valence-electron chi connectivity index (χ0n) is 11.1. The Kier molecular flexibility index (Phi) is 4.54. The number of aliphatic hydroxyl groups is 1. The predicted molar refractivity (Wildman–Crippen MR) is 70.0 cm³/mol. The van der Waals surface area contributed by atoms with Gasteiger partial charge in [0.25, 0.3) is 0 Å². The molecule has 96 valence electrons. The molecule has 3 nitrogen and oxygen atoms in total. The number of hydrogen-bond acceptors (Lipinski definition) is 3. The van der Waals surface area contributed by atoms with Crippen molar-refractivity contribution in [2.24, 2.45) is 11.1 Å². The Balaban J connectivity index is 2.72. The van der Waals surface area contributed by atoms with Gasteiger partial charge >= 0.3 is 0 Å². The van der Waals surface area contributed by atoms with Gasteiger partial charge in [0, 0.05) is 6.04 Å². The zero-order valence-corrected chi connectivity index (χ0v) is 11.1. The van der Waals surface area contributed by atoms with Crippen LogP contribution in [-0.4, -0.2) is 18.3 Å². The molecule has 0 spiro atoms. The molecular formula is C14H23NO2. The van der Waals surface area contributed by atoms with E-state index in [4.69, 9.17) is 10.5 Å². The van der Waals surface area contributed by atoms with Crippen molar-refractivity contribution in [3.05, 3.63) is 29.8 Å². The van der Waals surface area contributed by atoms with Crippen LogP contribution in [0.5, 0.6) is 5.75 Å². The molecule has 1 rings (SSSR count). The topological polar surface area (TPSA) is 55.5 Å². The quantitative estimate of drug-likeness (QED) is 0.846. The second-order valence-electron chi connectivity index (χ2n) is 5.50. The summed E-state index contributed by atoms with van der Waals surface area (Å²) in [5, 5.41) is 10.1. The minimum Gasteiger partial charge on any atom is -0.497 e. The van der Waals surface area contributed by atoms with Crippen LogP contribution in [0.4, 0.5) is 0 Å². The van der Waals surface area contributed by atoms with Crippen LogP contribution in [-0.2, 0) is 0 Å². The Morgan fingerprint density at radius 2 is 2.00 bits per heavy atom. The molecule has 0 saturated carbocycles. The molecule has 0 fully saturated rings. The zero-order chi connectivity index (χ0) is 13.1. The fourth-order valence-corrected chi connectivity index (χ4v) is 1.58. The van der Waals surface area contributed by atoms with E-state index in [1.165, 1.54) is 0 Å². The van der Waals surface area contributed by atoms with Crippen LogP contribution in [0.3, 0.4) is 0 Å². The second-order valence-corrected chi connectivity index (χ2v) is 5.50. The van der Waals surface area contributed by atoms with Crippen LogP contribution in [0.2, 0.25) is 0 Å². The van der Waals surface area contributed by atoms with Crippen molar-refractivity contribution in [1.29, 1.82) is 0 Å². The van der Waals surface area contributed by atoms with Crippen molar-refractivity contribution in [2.45, 2.75) is 39.3 Å². The molecule has 0 aliphatic heterocycles. The first-order valence-corrected chi connectivity index (χ1v) is 5.92. The summed E-state index contributed by atoms with van der Waals surface area (Å²) in [5.74, 6) is 0.755. The van der Waals surface area contributed by atoms with Gasteiger partial charge in [-0.15, -0.1) is 0 Å². The van der Waals surface area contributed by atoms with E-state index < -0.39 is 6.10 Å². The molecule has 1 aromatic carbocycles. The number of ether oxygens (including phenoxy) is 1. The average molecular weight is 237 g/mol. The predicted octanol–water partition coefficient (Wildman–Crippen LogP) is 2.49. The fourth-order valence-electron chi connectivity index (χ4n) is 1.58. The Morgan fingerprint density at radius 1 is 1.35 bits per heavy atom. The Labute approximate surface area is 104 Å². The number of rotatable bonds is 4. The highest BCUT2D eigenvalue weighted by molar-refractivity contribution is 5.29. The minimum absolute atomic E-state index is 0.000152. The molecule has 0 amide bonds. The molecule has 1 aromatic rings. The highest BCUT2D eigenvalue weighted by Crippen LogP contribution is 2.27. The highest BCUT2D eigenvalue weighted by atomic mass is 16.5. The Hall–Kier alpha value is -1.06. The standard InChI is InChI=1S/C14H23NO2/c1-14(2,3)13(15)9-12(16)10-6-5-7-11(8-10)17-4/h5-8,12-13,16H,9,15H2,1-4H3/t12-,13-/m1/s1. The summed E-state index contributed by atoms with van der Waals surface area (Å²) in [6, 6.07) is 7.44. The van der Waals surface area contributed by atoms with Gasteiger partial charge in [-0.3, -0.25) is 0 Å². The lowest BCUT2D eigenvalue weighted by Gasteiger charge is -2.29. The van der Waals surface area contributed by atoms with Gasteiger partial charge in [-0.25, -0.2) is 0 Å². The number of aliphatic hydroxyl groups excluding tert-OH is 1. The summed E-state index contributed by atoms with van der Waals surface area (Å²) in [6.45, 7) is 6.24. The molecule has 0 aromatic heterocycles. The third-order valence-electron chi connectivity index (χ3n) is 3.07. The number of methoxy groups -OCH3 is 1. The molecule has 0 unspecified atom stereocenters. The summed E-state index contributed by atoms with van der Waals surface area (Å²) in [6.07, 6.45) is 0.00996. The van der Waals surface area contributed by atoms with E-state index in [0.717, 1.165) is 11.3 Å². The molecule has 0 saturated heterocycles. The van der Waals surface area contributed by atoms with Crippen molar-refractivity contribution in [2.75, 3.05) is 7.11 Å². The van der Waals surface area contributed by atoms with E-state index in [-0.39, 0.29) is 11.5 Å². The van der Waals surface area contributed by atoms with Gasteiger partial charge in [-0.2, -0.15) is 0 Å². The molecule has 2 atom stereocenters. The second kappa shape index (κ2) is 5.52. The lowest BCUT2D eigenvalue weighted by Crippen LogP contribution is -2.36. The van der Waals surface area contributed by atoms with Crippen LogP contribution < -0.4 is 10.5 Å². The van der Waals surface area contributed by atoms with Crippen LogP contribution in [0.25, 0.3) is 0 Å². The summed E-state index contributed by atoms with van der Waals surface area (Å²) < 4.78 is 5.13. The number of benzene rings is 1. The van der Waals surface area contributed by atoms with Crippen LogP contribution in [0.15, 0.2) is 24.3 Å². The van der Waals surface area contributed by atoms with Gasteiger partial charge in [0.2, 0.25) is 0 Å². The van der Waals surface area contributed by atoms with E-state index in [1.54, 1.807) is 7.11 Å². The van der Waals surface area contributed by atoms with Crippen molar-refractivity contribution in [3.8, 4) is 5.75 Å². The maximum Gasteiger partial charge on any atom is 0.119 e. The molecule has 0 aliphatic carbocycles. The first-order chi connectivity index (χ1) is 7.84. The van der Waals surface area contributed by atoms with Gasteiger partial charge in [-0.1, -0.05) is 32.9 Å². The van der Waals surface area contributed by atoms with Crippen LogP contribution in [0, 0.1) is 5.41 Å². The molecule has 0 heterocycles. The van der Waals surface area contributed by atoms with Gasteiger partial charge < -0.3 is 15.6 Å². The maximum absolute atomic E-state index is 10.1. The van der Waals surface area contributed by atoms with Gasteiger partial charge in [0.15, 0.2) is 0 Å². The Bertz CT molecular complexity index is 357. The molecule has 3 N–H and O–H groups in total. The van der Waals surface area contributed by atoms with E-state index in [2.05, 4.69) is 20.8 Å². The molecule has 0 radical (unpaired) electrons. The monoisotopic (exact) mass is 237 g/mol. The first-order valence-electron chi connectivity index (χ1n) is 5.92. The van der Waals surface area contributed by atoms with E-state index in [0.29, 0.717) is 6.42 Å². The number of hydrogen-bond donors (Lipinski definition) is 2. The summed E-state index contributed by atoms with van der Waals surface area (Å²) in [4.78, 5) is 0. The average Bonchev–Trinajstić information content (AvgIpc) is 2.27. The van der Waals surface area contributed by atoms with E-state index in [9.17, 15) is 5.11 Å². The normalized spacial score (nSPS) is 15.4. The molecule has 0 aliphatic rings. The SMILES string of the molecule is COc1cccc([C@H](O)C[C@@H](N)C(C)(C)C)c1. The van der Waals surface area contributed by atoms with Gasteiger partial charge in [0.05, 0.1) is 13.2 Å². The minimum atomic E-state index is -0.542. The van der Waals surface area contributed by atoms with Gasteiger partial charge in [-0.05, 0) is 29.5 Å². The first kappa shape index (κ1) is 14.0. The third-order valence-corrected chi connectivity index (χ3v) is 3.07. The molecule has 0 bridgehead atoms. The maximum atomic E-state index is 10.1. The highest BCUT2D eigenvalue weighted by Gasteiger charge is 2.24. The summed E-state index contributed by atoms with van der Waals surface area (Å²) in [7, 11) is 1.62. The van der Waals surface area contributed by atoms with Crippen molar-refractivity contribution in [1.82, 2.24) is 0 Å². The molecular weight excluding hydrogens is 214 g/mol. The van der Waals surface area contributed by atoms with Crippen molar-refractivity contribution in [3.63, 3.8) is 0 Å². The van der Waals surface area contributed by atoms with Crippen LogP contribution >= 0.6 is 0 Å². The van der Waals surface area contributed by atoms with E-state index in [1.807, 2.05) is 24.3 Å². The lowest BCUT2D eigenvalue weighted by atomic mass is 9.83. The third kappa shape index (κ3) is 4.02. The Morgan fingerprint density at radius 3 is 2.53 bits per heavy atom. The lowest BCUT2D eigenvalue weighted by molar-refractivity contribution is 0.133. The van der Waals surface area contributed by atoms with E-state index >= 15 is 0 Å². The van der Waals surface area contributed by atoms with Gasteiger partial charge in [0.1, 0.15) is 5.75 Å². The molecule has 3 heteroatoms. The summed E-state index contributed by atoms with van der Waals surface area (Å²) in [5.41, 5.74) is 6.92. The van der Waals surface area contributed by atoms with Crippen molar-refractivity contribution >= 4 is 0 Å². The van der Waals surface area contributed by atoms with Crippen LogP contribution in [0.1, 0.15) is 38.9 Å². The molecule has 17 heavy (non-hydrogen) atoms. The largest absolute Gasteiger partial charge is 0.497 e. The van der Waals surface area contributed by atoms with Crippen molar-refractivity contribution < 1.29 is 9.84 Å². The summed E-state index contributed by atoms with van der Waals surface area (Å²) >= 11 is 0. The fraction of sp³-hybridized carbons (Fsp3) is 0.571.